The number of methoxy groups -OCH3 is 1. The standard InChI is InChI=1S/C23H20F3N5O2S/c1-14-11-20(15(2)30(14)18-6-4-5-16(12-18)23(24,25)26)21(32)13-34-22-27-28-29-31(22)17-7-9-19(33-3)10-8-17/h4-12H,13H2,1-3H3. The van der Waals surface area contributed by atoms with Crippen molar-refractivity contribution in [2.75, 3.05) is 12.9 Å². The van der Waals surface area contributed by atoms with Crippen molar-refractivity contribution in [1.82, 2.24) is 24.8 Å². The number of alkyl halides is 3. The lowest BCUT2D eigenvalue weighted by Gasteiger charge is -2.13. The third-order valence-corrected chi connectivity index (χ3v) is 6.17. The second-order valence-corrected chi connectivity index (χ2v) is 8.39. The average molecular weight is 488 g/mol. The molecule has 0 amide bonds. The minimum Gasteiger partial charge on any atom is -0.497 e. The highest BCUT2D eigenvalue weighted by Gasteiger charge is 2.31. The van der Waals surface area contributed by atoms with Crippen LogP contribution in [0.5, 0.6) is 5.75 Å². The lowest BCUT2D eigenvalue weighted by molar-refractivity contribution is -0.137. The molecule has 0 aliphatic rings. The maximum absolute atomic E-state index is 13.2. The average Bonchev–Trinajstić information content (AvgIpc) is 3.41. The molecule has 4 aromatic rings. The molecule has 176 valence electrons. The number of aromatic nitrogens is 5. The molecular formula is C23H20F3N5O2S. The first kappa shape index (κ1) is 23.6. The van der Waals surface area contributed by atoms with E-state index in [4.69, 9.17) is 4.74 Å². The summed E-state index contributed by atoms with van der Waals surface area (Å²) in [6, 6.07) is 13.9. The summed E-state index contributed by atoms with van der Waals surface area (Å²) in [5.74, 6) is 0.571. The van der Waals surface area contributed by atoms with E-state index in [-0.39, 0.29) is 11.5 Å². The molecule has 0 radical (unpaired) electrons. The SMILES string of the molecule is COc1ccc(-n2nnnc2SCC(=O)c2cc(C)n(-c3cccc(C(F)(F)F)c3)c2C)cc1. The second kappa shape index (κ2) is 9.34. The molecule has 0 N–H and O–H groups in total. The Morgan fingerprint density at radius 3 is 2.47 bits per heavy atom. The molecule has 2 heterocycles. The van der Waals surface area contributed by atoms with Crippen molar-refractivity contribution in [3.63, 3.8) is 0 Å². The lowest BCUT2D eigenvalue weighted by atomic mass is 10.1. The lowest BCUT2D eigenvalue weighted by Crippen LogP contribution is -2.08. The summed E-state index contributed by atoms with van der Waals surface area (Å²) in [4.78, 5) is 13.0. The first-order valence-electron chi connectivity index (χ1n) is 10.1. The number of hydrogen-bond acceptors (Lipinski definition) is 6. The van der Waals surface area contributed by atoms with E-state index < -0.39 is 11.7 Å². The van der Waals surface area contributed by atoms with Crippen LogP contribution in [-0.2, 0) is 6.18 Å². The van der Waals surface area contributed by atoms with E-state index in [9.17, 15) is 18.0 Å². The van der Waals surface area contributed by atoms with Crippen molar-refractivity contribution in [3.8, 4) is 17.1 Å². The molecule has 0 atom stereocenters. The van der Waals surface area contributed by atoms with E-state index >= 15 is 0 Å². The van der Waals surface area contributed by atoms with Gasteiger partial charge < -0.3 is 9.30 Å². The van der Waals surface area contributed by atoms with Gasteiger partial charge in [0.2, 0.25) is 5.16 Å². The molecule has 2 aromatic carbocycles. The van der Waals surface area contributed by atoms with Crippen LogP contribution in [0.2, 0.25) is 0 Å². The van der Waals surface area contributed by atoms with Crippen molar-refractivity contribution in [1.29, 1.82) is 0 Å². The molecule has 0 saturated carbocycles. The van der Waals surface area contributed by atoms with E-state index in [1.165, 1.54) is 22.5 Å². The summed E-state index contributed by atoms with van der Waals surface area (Å²) in [6.45, 7) is 3.47. The van der Waals surface area contributed by atoms with Gasteiger partial charge in [0.15, 0.2) is 5.78 Å². The topological polar surface area (TPSA) is 74.8 Å². The van der Waals surface area contributed by atoms with Gasteiger partial charge in [-0.2, -0.15) is 17.9 Å². The molecule has 4 rings (SSSR count). The predicted molar refractivity (Wildman–Crippen MR) is 121 cm³/mol. The zero-order valence-electron chi connectivity index (χ0n) is 18.5. The van der Waals surface area contributed by atoms with Crippen LogP contribution < -0.4 is 4.74 Å². The second-order valence-electron chi connectivity index (χ2n) is 7.45. The number of nitrogens with zero attached hydrogens (tertiary/aromatic N) is 5. The summed E-state index contributed by atoms with van der Waals surface area (Å²) in [7, 11) is 1.57. The fourth-order valence-corrected chi connectivity index (χ4v) is 4.40. The van der Waals surface area contributed by atoms with Gasteiger partial charge in [-0.3, -0.25) is 4.79 Å². The van der Waals surface area contributed by atoms with Crippen LogP contribution >= 0.6 is 11.8 Å². The van der Waals surface area contributed by atoms with Gasteiger partial charge in [-0.25, -0.2) is 0 Å². The molecule has 0 aliphatic heterocycles. The van der Waals surface area contributed by atoms with E-state index in [1.807, 2.05) is 0 Å². The fraction of sp³-hybridized carbons (Fsp3) is 0.217. The number of Topliss-reactive ketones (excluding diaryl/α,β-unsaturated/α-hetero) is 1. The van der Waals surface area contributed by atoms with Crippen LogP contribution in [0.3, 0.4) is 0 Å². The van der Waals surface area contributed by atoms with Gasteiger partial charge in [-0.05, 0) is 72.8 Å². The van der Waals surface area contributed by atoms with E-state index in [2.05, 4.69) is 15.5 Å². The highest BCUT2D eigenvalue weighted by Crippen LogP contribution is 2.32. The number of aryl methyl sites for hydroxylation is 1. The Morgan fingerprint density at radius 2 is 1.79 bits per heavy atom. The zero-order valence-corrected chi connectivity index (χ0v) is 19.3. The molecule has 0 spiro atoms. The van der Waals surface area contributed by atoms with Crippen LogP contribution in [0, 0.1) is 13.8 Å². The molecule has 7 nitrogen and oxygen atoms in total. The number of carbonyl (C=O) groups excluding carboxylic acids is 1. The van der Waals surface area contributed by atoms with Crippen LogP contribution in [-0.4, -0.2) is 43.4 Å². The Kier molecular flexibility index (Phi) is 6.47. The highest BCUT2D eigenvalue weighted by atomic mass is 32.2. The van der Waals surface area contributed by atoms with Crippen LogP contribution in [0.25, 0.3) is 11.4 Å². The normalized spacial score (nSPS) is 11.6. The fourth-order valence-electron chi connectivity index (χ4n) is 3.63. The van der Waals surface area contributed by atoms with Crippen LogP contribution in [0.15, 0.2) is 59.8 Å². The summed E-state index contributed by atoms with van der Waals surface area (Å²) >= 11 is 1.17. The van der Waals surface area contributed by atoms with Crippen molar-refractivity contribution in [3.05, 3.63) is 77.1 Å². The van der Waals surface area contributed by atoms with Crippen molar-refractivity contribution >= 4 is 17.5 Å². The quantitative estimate of drug-likeness (QED) is 0.268. The Hall–Kier alpha value is -3.60. The first-order valence-corrected chi connectivity index (χ1v) is 11.1. The van der Waals surface area contributed by atoms with Gasteiger partial charge in [0.25, 0.3) is 0 Å². The Bertz CT molecular complexity index is 1330. The molecular weight excluding hydrogens is 467 g/mol. The van der Waals surface area contributed by atoms with E-state index in [0.29, 0.717) is 39.2 Å². The number of carbonyl (C=O) groups is 1. The Balaban J connectivity index is 1.54. The van der Waals surface area contributed by atoms with Crippen LogP contribution in [0.1, 0.15) is 27.3 Å². The number of rotatable bonds is 7. The van der Waals surface area contributed by atoms with Crippen molar-refractivity contribution < 1.29 is 22.7 Å². The number of ketones is 1. The summed E-state index contributed by atoms with van der Waals surface area (Å²) < 4.78 is 47.8. The third-order valence-electron chi connectivity index (χ3n) is 5.25. The van der Waals surface area contributed by atoms with Gasteiger partial charge >= 0.3 is 6.18 Å². The molecule has 0 fully saturated rings. The van der Waals surface area contributed by atoms with Gasteiger partial charge in [-0.15, -0.1) is 5.10 Å². The van der Waals surface area contributed by atoms with E-state index in [0.717, 1.165) is 12.1 Å². The third kappa shape index (κ3) is 4.69. The highest BCUT2D eigenvalue weighted by molar-refractivity contribution is 7.99. The summed E-state index contributed by atoms with van der Waals surface area (Å²) in [5.41, 5.74) is 1.98. The minimum absolute atomic E-state index is 0.0589. The maximum Gasteiger partial charge on any atom is 0.416 e. The first-order chi connectivity index (χ1) is 16.2. The largest absolute Gasteiger partial charge is 0.497 e. The smallest absolute Gasteiger partial charge is 0.416 e. The summed E-state index contributed by atoms with van der Waals surface area (Å²) in [5, 5.41) is 12.1. The maximum atomic E-state index is 13.2. The van der Waals surface area contributed by atoms with Gasteiger partial charge in [0.1, 0.15) is 5.75 Å². The number of hydrogen-bond donors (Lipinski definition) is 0. The van der Waals surface area contributed by atoms with Gasteiger partial charge in [-0.1, -0.05) is 17.8 Å². The molecule has 0 aliphatic carbocycles. The van der Waals surface area contributed by atoms with Crippen molar-refractivity contribution in [2.24, 2.45) is 0 Å². The molecule has 2 aromatic heterocycles. The number of thioether (sulfide) groups is 1. The Labute approximate surface area is 197 Å². The number of ether oxygens (including phenoxy) is 1. The summed E-state index contributed by atoms with van der Waals surface area (Å²) in [6.07, 6.45) is -4.45. The number of benzene rings is 2. The predicted octanol–water partition coefficient (Wildman–Crippen LogP) is 5.07. The van der Waals surface area contributed by atoms with Crippen LogP contribution in [0.4, 0.5) is 13.2 Å². The van der Waals surface area contributed by atoms with Gasteiger partial charge in [0, 0.05) is 22.6 Å². The minimum atomic E-state index is -4.45. The van der Waals surface area contributed by atoms with E-state index in [1.54, 1.807) is 61.9 Å². The molecule has 0 saturated heterocycles. The molecule has 11 heteroatoms. The number of halogens is 3. The van der Waals surface area contributed by atoms with Gasteiger partial charge in [0.05, 0.1) is 24.1 Å². The zero-order chi connectivity index (χ0) is 24.5. The monoisotopic (exact) mass is 487 g/mol. The Morgan fingerprint density at radius 1 is 1.06 bits per heavy atom. The molecule has 0 unspecified atom stereocenters. The molecule has 34 heavy (non-hydrogen) atoms. The molecule has 0 bridgehead atoms. The number of tetrazole rings is 1. The van der Waals surface area contributed by atoms with Crippen molar-refractivity contribution in [2.45, 2.75) is 25.2 Å².